The lowest BCUT2D eigenvalue weighted by atomic mass is 10.2. The number of methoxy groups -OCH3 is 1. The maximum atomic E-state index is 12.0. The average Bonchev–Trinajstić information content (AvgIpc) is 2.47. The summed E-state index contributed by atoms with van der Waals surface area (Å²) in [6.07, 6.45) is 0. The molecule has 0 saturated heterocycles. The van der Waals surface area contributed by atoms with Crippen LogP contribution in [0.4, 0.5) is 21.9 Å². The smallest absolute Gasteiger partial charge is 0.323 e. The van der Waals surface area contributed by atoms with E-state index in [2.05, 4.69) is 16.0 Å². The molecule has 0 fully saturated rings. The number of hydrogen-bond acceptors (Lipinski definition) is 3. The molecule has 6 heteroatoms. The van der Waals surface area contributed by atoms with E-state index in [0.29, 0.717) is 22.8 Å². The van der Waals surface area contributed by atoms with E-state index in [1.54, 1.807) is 55.6 Å². The predicted molar refractivity (Wildman–Crippen MR) is 86.4 cm³/mol. The molecule has 0 radical (unpaired) electrons. The Morgan fingerprint density at radius 1 is 0.864 bits per heavy atom. The van der Waals surface area contributed by atoms with Gasteiger partial charge in [-0.2, -0.15) is 0 Å². The van der Waals surface area contributed by atoms with Gasteiger partial charge >= 0.3 is 6.03 Å². The van der Waals surface area contributed by atoms with Crippen LogP contribution >= 0.6 is 0 Å². The Morgan fingerprint density at radius 2 is 1.41 bits per heavy atom. The van der Waals surface area contributed by atoms with E-state index in [0.717, 1.165) is 0 Å². The van der Waals surface area contributed by atoms with Crippen LogP contribution in [0.5, 0.6) is 5.75 Å². The van der Waals surface area contributed by atoms with Crippen LogP contribution in [-0.4, -0.2) is 19.0 Å². The summed E-state index contributed by atoms with van der Waals surface area (Å²) in [6, 6.07) is 13.6. The van der Waals surface area contributed by atoms with Crippen LogP contribution < -0.4 is 20.7 Å². The average molecular weight is 299 g/mol. The summed E-state index contributed by atoms with van der Waals surface area (Å²) in [5.74, 6) is 0.489. The van der Waals surface area contributed by atoms with Crippen molar-refractivity contribution in [3.63, 3.8) is 0 Å². The van der Waals surface area contributed by atoms with Gasteiger partial charge in [0.1, 0.15) is 5.75 Å². The molecule has 0 aliphatic carbocycles. The first-order chi connectivity index (χ1) is 10.6. The summed E-state index contributed by atoms with van der Waals surface area (Å²) in [5.41, 5.74) is 1.81. The summed E-state index contributed by atoms with van der Waals surface area (Å²) in [5, 5.41) is 8.06. The summed E-state index contributed by atoms with van der Waals surface area (Å²) in [4.78, 5) is 23.0. The highest BCUT2D eigenvalue weighted by Gasteiger charge is 2.04. The molecule has 0 aliphatic heterocycles. The van der Waals surface area contributed by atoms with E-state index in [-0.39, 0.29) is 11.9 Å². The Kier molecular flexibility index (Phi) is 4.98. The number of benzene rings is 2. The SMILES string of the molecule is COc1cccc(NC(=O)Nc2cccc(NC(C)=O)c2)c1. The lowest BCUT2D eigenvalue weighted by Crippen LogP contribution is -2.19. The number of carbonyl (C=O) groups is 2. The third kappa shape index (κ3) is 4.52. The molecular formula is C16H17N3O3. The zero-order valence-electron chi connectivity index (χ0n) is 12.3. The number of anilines is 3. The van der Waals surface area contributed by atoms with Crippen molar-refractivity contribution in [3.8, 4) is 5.75 Å². The largest absolute Gasteiger partial charge is 0.497 e. The van der Waals surface area contributed by atoms with Gasteiger partial charge in [0.2, 0.25) is 5.91 Å². The normalized spacial score (nSPS) is 9.73. The fraction of sp³-hybridized carbons (Fsp3) is 0.125. The summed E-state index contributed by atoms with van der Waals surface area (Å²) in [6.45, 7) is 1.43. The minimum Gasteiger partial charge on any atom is -0.497 e. The van der Waals surface area contributed by atoms with Crippen LogP contribution in [-0.2, 0) is 4.79 Å². The second kappa shape index (κ2) is 7.12. The molecule has 0 bridgehead atoms. The quantitative estimate of drug-likeness (QED) is 0.810. The number of rotatable bonds is 4. The van der Waals surface area contributed by atoms with Crippen molar-refractivity contribution in [2.24, 2.45) is 0 Å². The monoisotopic (exact) mass is 299 g/mol. The van der Waals surface area contributed by atoms with Gasteiger partial charge in [0, 0.05) is 30.1 Å². The van der Waals surface area contributed by atoms with Gasteiger partial charge < -0.3 is 20.7 Å². The lowest BCUT2D eigenvalue weighted by Gasteiger charge is -2.10. The first kappa shape index (κ1) is 15.4. The molecule has 3 amide bonds. The number of amides is 3. The van der Waals surface area contributed by atoms with Gasteiger partial charge in [-0.05, 0) is 30.3 Å². The Hall–Kier alpha value is -3.02. The van der Waals surface area contributed by atoms with E-state index in [1.165, 1.54) is 6.92 Å². The van der Waals surface area contributed by atoms with E-state index in [1.807, 2.05) is 0 Å². The highest BCUT2D eigenvalue weighted by molar-refractivity contribution is 6.00. The molecule has 0 spiro atoms. The molecule has 114 valence electrons. The van der Waals surface area contributed by atoms with E-state index in [4.69, 9.17) is 4.74 Å². The Bertz CT molecular complexity index is 686. The summed E-state index contributed by atoms with van der Waals surface area (Å²) in [7, 11) is 1.56. The second-order valence-electron chi connectivity index (χ2n) is 4.57. The standard InChI is InChI=1S/C16H17N3O3/c1-11(20)17-12-5-3-6-13(9-12)18-16(21)19-14-7-4-8-15(10-14)22-2/h3-10H,1-2H3,(H,17,20)(H2,18,19,21). The predicted octanol–water partition coefficient (Wildman–Crippen LogP) is 3.30. The molecule has 0 saturated carbocycles. The first-order valence-electron chi connectivity index (χ1n) is 6.66. The Balaban J connectivity index is 2.00. The van der Waals surface area contributed by atoms with Crippen molar-refractivity contribution in [1.82, 2.24) is 0 Å². The molecule has 6 nitrogen and oxygen atoms in total. The lowest BCUT2D eigenvalue weighted by molar-refractivity contribution is -0.114. The van der Waals surface area contributed by atoms with Crippen molar-refractivity contribution in [3.05, 3.63) is 48.5 Å². The minimum absolute atomic E-state index is 0.169. The molecule has 0 unspecified atom stereocenters. The maximum Gasteiger partial charge on any atom is 0.323 e. The third-order valence-corrected chi connectivity index (χ3v) is 2.77. The van der Waals surface area contributed by atoms with Crippen LogP contribution in [0, 0.1) is 0 Å². The number of nitrogens with one attached hydrogen (secondary N) is 3. The van der Waals surface area contributed by atoms with Crippen LogP contribution in [0.25, 0.3) is 0 Å². The van der Waals surface area contributed by atoms with Gasteiger partial charge in [0.15, 0.2) is 0 Å². The van der Waals surface area contributed by atoms with Crippen molar-refractivity contribution < 1.29 is 14.3 Å². The molecule has 0 aromatic heterocycles. The molecule has 2 aromatic rings. The highest BCUT2D eigenvalue weighted by atomic mass is 16.5. The Labute approximate surface area is 128 Å². The molecule has 3 N–H and O–H groups in total. The van der Waals surface area contributed by atoms with Gasteiger partial charge in [0.05, 0.1) is 7.11 Å². The van der Waals surface area contributed by atoms with Crippen molar-refractivity contribution >= 4 is 29.0 Å². The van der Waals surface area contributed by atoms with Gasteiger partial charge in [-0.3, -0.25) is 4.79 Å². The number of ether oxygens (including phenoxy) is 1. The molecule has 2 aromatic carbocycles. The van der Waals surface area contributed by atoms with E-state index < -0.39 is 0 Å². The topological polar surface area (TPSA) is 79.5 Å². The fourth-order valence-electron chi connectivity index (χ4n) is 1.87. The Morgan fingerprint density at radius 3 is 2.00 bits per heavy atom. The summed E-state index contributed by atoms with van der Waals surface area (Å²) < 4.78 is 5.10. The maximum absolute atomic E-state index is 12.0. The molecule has 0 aliphatic rings. The summed E-state index contributed by atoms with van der Waals surface area (Å²) >= 11 is 0. The first-order valence-corrected chi connectivity index (χ1v) is 6.66. The zero-order chi connectivity index (χ0) is 15.9. The van der Waals surface area contributed by atoms with E-state index in [9.17, 15) is 9.59 Å². The van der Waals surface area contributed by atoms with E-state index >= 15 is 0 Å². The third-order valence-electron chi connectivity index (χ3n) is 2.77. The van der Waals surface area contributed by atoms with Gasteiger partial charge in [-0.1, -0.05) is 12.1 Å². The molecule has 0 heterocycles. The van der Waals surface area contributed by atoms with Crippen LogP contribution in [0.15, 0.2) is 48.5 Å². The minimum atomic E-state index is -0.381. The second-order valence-corrected chi connectivity index (χ2v) is 4.57. The van der Waals surface area contributed by atoms with Gasteiger partial charge in [-0.15, -0.1) is 0 Å². The highest BCUT2D eigenvalue weighted by Crippen LogP contribution is 2.18. The number of urea groups is 1. The molecular weight excluding hydrogens is 282 g/mol. The number of hydrogen-bond donors (Lipinski definition) is 3. The fourth-order valence-corrected chi connectivity index (χ4v) is 1.87. The van der Waals surface area contributed by atoms with Crippen LogP contribution in [0.2, 0.25) is 0 Å². The number of carbonyl (C=O) groups excluding carboxylic acids is 2. The zero-order valence-corrected chi connectivity index (χ0v) is 12.3. The van der Waals surface area contributed by atoms with Gasteiger partial charge in [-0.25, -0.2) is 4.79 Å². The van der Waals surface area contributed by atoms with Crippen LogP contribution in [0.1, 0.15) is 6.92 Å². The van der Waals surface area contributed by atoms with Gasteiger partial charge in [0.25, 0.3) is 0 Å². The molecule has 2 rings (SSSR count). The van der Waals surface area contributed by atoms with Crippen molar-refractivity contribution in [2.45, 2.75) is 6.92 Å². The van der Waals surface area contributed by atoms with Crippen molar-refractivity contribution in [1.29, 1.82) is 0 Å². The van der Waals surface area contributed by atoms with Crippen LogP contribution in [0.3, 0.4) is 0 Å². The van der Waals surface area contributed by atoms with Crippen molar-refractivity contribution in [2.75, 3.05) is 23.1 Å². The molecule has 0 atom stereocenters. The molecule has 22 heavy (non-hydrogen) atoms.